The van der Waals surface area contributed by atoms with Crippen LogP contribution in [0.2, 0.25) is 5.15 Å². The lowest BCUT2D eigenvalue weighted by molar-refractivity contribution is 0.0950. The van der Waals surface area contributed by atoms with Gasteiger partial charge in [0, 0.05) is 12.7 Å². The normalized spacial score (nSPS) is 10.3. The summed E-state index contributed by atoms with van der Waals surface area (Å²) in [5, 5.41) is 3.52. The predicted molar refractivity (Wildman–Crippen MR) is 81.2 cm³/mol. The van der Waals surface area contributed by atoms with Crippen molar-refractivity contribution in [2.24, 2.45) is 0 Å². The summed E-state index contributed by atoms with van der Waals surface area (Å²) in [6.07, 6.45) is 3.30. The number of nitrogens with zero attached hydrogens (tertiary/aromatic N) is 2. The van der Waals surface area contributed by atoms with Crippen molar-refractivity contribution in [1.82, 2.24) is 15.3 Å². The maximum Gasteiger partial charge on any atom is 0.256 e. The lowest BCUT2D eigenvalue weighted by Gasteiger charge is -2.07. The summed E-state index contributed by atoms with van der Waals surface area (Å²) in [7, 11) is 0. The molecule has 1 N–H and O–H groups in total. The number of carbonyl (C=O) groups is 1. The van der Waals surface area contributed by atoms with Crippen molar-refractivity contribution in [1.29, 1.82) is 0 Å². The van der Waals surface area contributed by atoms with Gasteiger partial charge in [0.25, 0.3) is 5.91 Å². The third kappa shape index (κ3) is 3.71. The molecule has 0 atom stereocenters. The van der Waals surface area contributed by atoms with Crippen LogP contribution in [-0.4, -0.2) is 22.1 Å². The molecular formula is C14H14ClN3OS. The van der Waals surface area contributed by atoms with E-state index in [-0.39, 0.29) is 16.6 Å². The predicted octanol–water partition coefficient (Wildman–Crippen LogP) is 3.09. The summed E-state index contributed by atoms with van der Waals surface area (Å²) in [6.45, 7) is 2.46. The Morgan fingerprint density at radius 3 is 2.65 bits per heavy atom. The lowest BCUT2D eigenvalue weighted by Crippen LogP contribution is -2.23. The largest absolute Gasteiger partial charge is 0.348 e. The van der Waals surface area contributed by atoms with Gasteiger partial charge in [-0.15, -0.1) is 0 Å². The van der Waals surface area contributed by atoms with Gasteiger partial charge in [-0.3, -0.25) is 4.79 Å². The maximum absolute atomic E-state index is 12.0. The van der Waals surface area contributed by atoms with Crippen molar-refractivity contribution in [2.45, 2.75) is 18.6 Å². The Bertz CT molecular complexity index is 616. The van der Waals surface area contributed by atoms with E-state index in [0.29, 0.717) is 11.7 Å². The number of hydrogen-bond acceptors (Lipinski definition) is 4. The smallest absolute Gasteiger partial charge is 0.256 e. The summed E-state index contributed by atoms with van der Waals surface area (Å²) in [5.41, 5.74) is 2.50. The molecule has 1 amide bonds. The molecular weight excluding hydrogens is 294 g/mol. The van der Waals surface area contributed by atoms with Crippen LogP contribution in [0.3, 0.4) is 0 Å². The van der Waals surface area contributed by atoms with Crippen molar-refractivity contribution in [3.63, 3.8) is 0 Å². The Morgan fingerprint density at radius 2 is 2.05 bits per heavy atom. The quantitative estimate of drug-likeness (QED) is 0.536. The molecule has 2 aromatic rings. The molecule has 0 radical (unpaired) electrons. The number of benzene rings is 1. The number of hydrogen-bond donors (Lipinski definition) is 1. The molecule has 0 aliphatic carbocycles. The summed E-state index contributed by atoms with van der Waals surface area (Å²) in [6, 6.07) is 7.96. The van der Waals surface area contributed by atoms with E-state index in [1.54, 1.807) is 0 Å². The van der Waals surface area contributed by atoms with Crippen molar-refractivity contribution < 1.29 is 4.79 Å². The van der Waals surface area contributed by atoms with E-state index in [4.69, 9.17) is 11.6 Å². The molecule has 0 aliphatic rings. The number of thioether (sulfide) groups is 1. The Morgan fingerprint density at radius 1 is 1.35 bits per heavy atom. The molecule has 20 heavy (non-hydrogen) atoms. The molecule has 1 aromatic heterocycles. The molecule has 0 bridgehead atoms. The van der Waals surface area contributed by atoms with Crippen LogP contribution in [0.5, 0.6) is 0 Å². The van der Waals surface area contributed by atoms with Crippen LogP contribution in [-0.2, 0) is 6.54 Å². The van der Waals surface area contributed by atoms with Gasteiger partial charge in [-0.05, 0) is 18.7 Å². The number of halogens is 1. The van der Waals surface area contributed by atoms with E-state index in [1.807, 2.05) is 37.4 Å². The number of rotatable bonds is 4. The summed E-state index contributed by atoms with van der Waals surface area (Å²) < 4.78 is 0. The van der Waals surface area contributed by atoms with Crippen LogP contribution >= 0.6 is 23.4 Å². The molecule has 0 fully saturated rings. The Labute approximate surface area is 127 Å². The first kappa shape index (κ1) is 14.8. The minimum absolute atomic E-state index is 0.172. The van der Waals surface area contributed by atoms with E-state index < -0.39 is 0 Å². The first-order valence-corrected chi connectivity index (χ1v) is 7.60. The van der Waals surface area contributed by atoms with Crippen LogP contribution in [0.25, 0.3) is 0 Å². The van der Waals surface area contributed by atoms with E-state index in [0.717, 1.165) is 5.56 Å². The topological polar surface area (TPSA) is 54.9 Å². The highest BCUT2D eigenvalue weighted by atomic mass is 35.5. The van der Waals surface area contributed by atoms with Gasteiger partial charge < -0.3 is 5.32 Å². The van der Waals surface area contributed by atoms with Gasteiger partial charge in [-0.2, -0.15) is 0 Å². The zero-order valence-electron chi connectivity index (χ0n) is 11.2. The molecule has 0 aliphatic heterocycles. The fourth-order valence-corrected chi connectivity index (χ4v) is 2.19. The Hall–Kier alpha value is -1.59. The van der Waals surface area contributed by atoms with Gasteiger partial charge in [0.05, 0.1) is 5.56 Å². The van der Waals surface area contributed by atoms with E-state index in [9.17, 15) is 4.79 Å². The fraction of sp³-hybridized carbons (Fsp3) is 0.214. The minimum atomic E-state index is -0.275. The van der Waals surface area contributed by atoms with Crippen LogP contribution in [0.15, 0.2) is 35.6 Å². The van der Waals surface area contributed by atoms with Gasteiger partial charge in [0.15, 0.2) is 5.16 Å². The van der Waals surface area contributed by atoms with E-state index in [1.165, 1.54) is 23.5 Å². The summed E-state index contributed by atoms with van der Waals surface area (Å²) >= 11 is 7.36. The highest BCUT2D eigenvalue weighted by Crippen LogP contribution is 2.16. The van der Waals surface area contributed by atoms with Crippen molar-refractivity contribution in [3.05, 3.63) is 52.3 Å². The van der Waals surface area contributed by atoms with Crippen molar-refractivity contribution in [3.8, 4) is 0 Å². The standard InChI is InChI=1S/C14H14ClN3OS/c1-9-3-5-10(6-4-9)7-16-13(19)11-8-17-14(20-2)18-12(11)15/h3-6,8H,7H2,1-2H3,(H,16,19). The van der Waals surface area contributed by atoms with Crippen LogP contribution < -0.4 is 5.32 Å². The Balaban J connectivity index is 2.03. The van der Waals surface area contributed by atoms with Gasteiger partial charge in [0.2, 0.25) is 0 Å². The third-order valence-electron chi connectivity index (χ3n) is 2.72. The molecule has 0 saturated heterocycles. The first-order chi connectivity index (χ1) is 9.60. The highest BCUT2D eigenvalue weighted by Gasteiger charge is 2.12. The monoisotopic (exact) mass is 307 g/mol. The van der Waals surface area contributed by atoms with E-state index in [2.05, 4.69) is 15.3 Å². The molecule has 0 saturated carbocycles. The van der Waals surface area contributed by atoms with Crippen molar-refractivity contribution >= 4 is 29.3 Å². The maximum atomic E-state index is 12.0. The zero-order valence-corrected chi connectivity index (χ0v) is 12.8. The molecule has 104 valence electrons. The number of carbonyl (C=O) groups excluding carboxylic acids is 1. The number of nitrogens with one attached hydrogen (secondary N) is 1. The number of aryl methyl sites for hydroxylation is 1. The second-order valence-electron chi connectivity index (χ2n) is 4.23. The average molecular weight is 308 g/mol. The molecule has 0 spiro atoms. The number of amides is 1. The average Bonchev–Trinajstić information content (AvgIpc) is 2.46. The molecule has 2 rings (SSSR count). The first-order valence-electron chi connectivity index (χ1n) is 6.00. The fourth-order valence-electron chi connectivity index (χ4n) is 1.58. The second-order valence-corrected chi connectivity index (χ2v) is 5.36. The van der Waals surface area contributed by atoms with Crippen LogP contribution in [0.1, 0.15) is 21.5 Å². The van der Waals surface area contributed by atoms with Crippen LogP contribution in [0, 0.1) is 6.92 Å². The molecule has 1 aromatic carbocycles. The van der Waals surface area contributed by atoms with Gasteiger partial charge in [0.1, 0.15) is 5.15 Å². The third-order valence-corrected chi connectivity index (χ3v) is 3.57. The lowest BCUT2D eigenvalue weighted by atomic mass is 10.1. The Kier molecular flexibility index (Phi) is 4.98. The summed E-state index contributed by atoms with van der Waals surface area (Å²) in [4.78, 5) is 20.1. The van der Waals surface area contributed by atoms with Gasteiger partial charge >= 0.3 is 0 Å². The highest BCUT2D eigenvalue weighted by molar-refractivity contribution is 7.98. The van der Waals surface area contributed by atoms with Gasteiger partial charge in [-0.25, -0.2) is 9.97 Å². The molecule has 4 nitrogen and oxygen atoms in total. The molecule has 0 unspecified atom stereocenters. The number of aromatic nitrogens is 2. The minimum Gasteiger partial charge on any atom is -0.348 e. The zero-order chi connectivity index (χ0) is 14.5. The second kappa shape index (κ2) is 6.72. The molecule has 6 heteroatoms. The van der Waals surface area contributed by atoms with Gasteiger partial charge in [-0.1, -0.05) is 53.2 Å². The molecule has 1 heterocycles. The van der Waals surface area contributed by atoms with E-state index >= 15 is 0 Å². The summed E-state index contributed by atoms with van der Waals surface area (Å²) in [5.74, 6) is -0.275. The van der Waals surface area contributed by atoms with Crippen molar-refractivity contribution in [2.75, 3.05) is 6.26 Å². The SMILES string of the molecule is CSc1ncc(C(=O)NCc2ccc(C)cc2)c(Cl)n1. The van der Waals surface area contributed by atoms with Crippen LogP contribution in [0.4, 0.5) is 0 Å².